The van der Waals surface area contributed by atoms with Gasteiger partial charge in [0.25, 0.3) is 0 Å². The highest BCUT2D eigenvalue weighted by atomic mass is 35.5. The smallest absolute Gasteiger partial charge is 0.161 e. The minimum atomic E-state index is -0.0256. The van der Waals surface area contributed by atoms with E-state index in [2.05, 4.69) is 18.7 Å². The first-order valence-electron chi connectivity index (χ1n) is 7.61. The van der Waals surface area contributed by atoms with Crippen LogP contribution < -0.4 is 9.47 Å². The molecule has 21 heavy (non-hydrogen) atoms. The maximum absolute atomic E-state index is 6.62. The van der Waals surface area contributed by atoms with Crippen molar-refractivity contribution in [2.24, 2.45) is 11.8 Å². The van der Waals surface area contributed by atoms with Crippen molar-refractivity contribution in [1.82, 2.24) is 4.90 Å². The van der Waals surface area contributed by atoms with E-state index in [1.54, 1.807) is 14.2 Å². The van der Waals surface area contributed by atoms with E-state index in [-0.39, 0.29) is 5.38 Å². The zero-order valence-corrected chi connectivity index (χ0v) is 14.2. The Morgan fingerprint density at radius 2 is 1.76 bits per heavy atom. The van der Waals surface area contributed by atoms with Gasteiger partial charge in [-0.1, -0.05) is 19.9 Å². The van der Waals surface area contributed by atoms with Crippen LogP contribution in [0.2, 0.25) is 0 Å². The number of hydrogen-bond donors (Lipinski definition) is 0. The van der Waals surface area contributed by atoms with E-state index >= 15 is 0 Å². The van der Waals surface area contributed by atoms with Gasteiger partial charge in [0.15, 0.2) is 11.5 Å². The van der Waals surface area contributed by atoms with E-state index in [4.69, 9.17) is 21.1 Å². The van der Waals surface area contributed by atoms with Gasteiger partial charge in [-0.3, -0.25) is 0 Å². The number of ether oxygens (including phenoxy) is 2. The Labute approximate surface area is 133 Å². The van der Waals surface area contributed by atoms with Gasteiger partial charge in [0.05, 0.1) is 19.6 Å². The predicted molar refractivity (Wildman–Crippen MR) is 87.5 cm³/mol. The Bertz CT molecular complexity index is 456. The molecule has 118 valence electrons. The first-order valence-corrected chi connectivity index (χ1v) is 8.05. The molecule has 0 N–H and O–H groups in total. The largest absolute Gasteiger partial charge is 0.493 e. The maximum atomic E-state index is 6.62. The molecule has 1 fully saturated rings. The first-order chi connectivity index (χ1) is 10.0. The molecule has 1 saturated heterocycles. The lowest BCUT2D eigenvalue weighted by atomic mass is 9.91. The quantitative estimate of drug-likeness (QED) is 0.768. The van der Waals surface area contributed by atoms with Crippen molar-refractivity contribution in [1.29, 1.82) is 0 Å². The molecule has 3 unspecified atom stereocenters. The van der Waals surface area contributed by atoms with Crippen LogP contribution in [0.15, 0.2) is 18.2 Å². The fourth-order valence-electron chi connectivity index (χ4n) is 3.32. The molecule has 2 rings (SSSR count). The lowest BCUT2D eigenvalue weighted by molar-refractivity contribution is 0.141. The second kappa shape index (κ2) is 7.37. The molecule has 3 atom stereocenters. The fraction of sp³-hybridized carbons (Fsp3) is 0.647. The minimum absolute atomic E-state index is 0.0256. The molecule has 1 aromatic carbocycles. The minimum Gasteiger partial charge on any atom is -0.493 e. The third kappa shape index (κ3) is 4.27. The molecule has 3 nitrogen and oxygen atoms in total. The summed E-state index contributed by atoms with van der Waals surface area (Å²) in [6, 6.07) is 5.92. The van der Waals surface area contributed by atoms with E-state index in [1.165, 1.54) is 6.42 Å². The molecule has 0 saturated carbocycles. The van der Waals surface area contributed by atoms with Gasteiger partial charge in [-0.2, -0.15) is 0 Å². The average Bonchev–Trinajstić information content (AvgIpc) is 2.45. The number of halogens is 1. The number of benzene rings is 1. The van der Waals surface area contributed by atoms with Crippen molar-refractivity contribution in [3.8, 4) is 11.5 Å². The topological polar surface area (TPSA) is 21.7 Å². The predicted octanol–water partition coefficient (Wildman–Crippen LogP) is 3.96. The van der Waals surface area contributed by atoms with E-state index in [1.807, 2.05) is 18.2 Å². The van der Waals surface area contributed by atoms with Gasteiger partial charge in [0, 0.05) is 19.6 Å². The molecule has 4 heteroatoms. The standard InChI is InChI=1S/C17H26ClNO2/c1-12-7-13(2)10-19(9-12)11-15(18)14-5-6-16(20-3)17(8-14)21-4/h5-6,8,12-13,15H,7,9-11H2,1-4H3. The van der Waals surface area contributed by atoms with Gasteiger partial charge in [0.2, 0.25) is 0 Å². The van der Waals surface area contributed by atoms with E-state index < -0.39 is 0 Å². The molecule has 1 heterocycles. The number of methoxy groups -OCH3 is 2. The molecule has 0 radical (unpaired) electrons. The summed E-state index contributed by atoms with van der Waals surface area (Å²) in [4.78, 5) is 2.48. The number of alkyl halides is 1. The lowest BCUT2D eigenvalue weighted by Gasteiger charge is -2.36. The number of hydrogen-bond acceptors (Lipinski definition) is 3. The summed E-state index contributed by atoms with van der Waals surface area (Å²) in [5.74, 6) is 2.98. The summed E-state index contributed by atoms with van der Waals surface area (Å²) in [5.41, 5.74) is 1.08. The van der Waals surface area contributed by atoms with Crippen LogP contribution in [-0.2, 0) is 0 Å². The van der Waals surface area contributed by atoms with Crippen LogP contribution in [-0.4, -0.2) is 38.8 Å². The van der Waals surface area contributed by atoms with E-state index in [0.717, 1.165) is 48.5 Å². The molecule has 1 aliphatic rings. The van der Waals surface area contributed by atoms with Crippen LogP contribution >= 0.6 is 11.6 Å². The molecule has 0 amide bonds. The normalized spacial score (nSPS) is 24.6. The molecule has 1 aromatic rings. The third-order valence-electron chi connectivity index (χ3n) is 4.13. The Balaban J connectivity index is 2.04. The second-order valence-electron chi connectivity index (χ2n) is 6.25. The van der Waals surface area contributed by atoms with Crippen LogP contribution in [0.4, 0.5) is 0 Å². The zero-order valence-electron chi connectivity index (χ0n) is 13.4. The molecule has 0 aromatic heterocycles. The number of piperidine rings is 1. The molecular formula is C17H26ClNO2. The van der Waals surface area contributed by atoms with Crippen LogP contribution in [0.3, 0.4) is 0 Å². The van der Waals surface area contributed by atoms with Crippen LogP contribution in [0, 0.1) is 11.8 Å². The Morgan fingerprint density at radius 3 is 2.33 bits per heavy atom. The number of nitrogens with zero attached hydrogens (tertiary/aromatic N) is 1. The second-order valence-corrected chi connectivity index (χ2v) is 6.77. The molecule has 0 aliphatic carbocycles. The monoisotopic (exact) mass is 311 g/mol. The zero-order chi connectivity index (χ0) is 15.4. The van der Waals surface area contributed by atoms with Gasteiger partial charge < -0.3 is 14.4 Å². The summed E-state index contributed by atoms with van der Waals surface area (Å²) < 4.78 is 10.6. The summed E-state index contributed by atoms with van der Waals surface area (Å²) in [6.45, 7) is 7.80. The average molecular weight is 312 g/mol. The summed E-state index contributed by atoms with van der Waals surface area (Å²) in [7, 11) is 3.30. The number of rotatable bonds is 5. The lowest BCUT2D eigenvalue weighted by Crippen LogP contribution is -2.40. The molecule has 1 aliphatic heterocycles. The Morgan fingerprint density at radius 1 is 1.14 bits per heavy atom. The van der Waals surface area contributed by atoms with Gasteiger partial charge in [-0.25, -0.2) is 0 Å². The van der Waals surface area contributed by atoms with Crippen molar-refractivity contribution < 1.29 is 9.47 Å². The molecule has 0 spiro atoms. The van der Waals surface area contributed by atoms with Crippen molar-refractivity contribution in [3.63, 3.8) is 0 Å². The van der Waals surface area contributed by atoms with Gasteiger partial charge in [0.1, 0.15) is 0 Å². The van der Waals surface area contributed by atoms with E-state index in [0.29, 0.717) is 0 Å². The first kappa shape index (κ1) is 16.4. The van der Waals surface area contributed by atoms with Crippen LogP contribution in [0.25, 0.3) is 0 Å². The highest BCUT2D eigenvalue weighted by molar-refractivity contribution is 6.21. The van der Waals surface area contributed by atoms with Crippen molar-refractivity contribution >= 4 is 11.6 Å². The Kier molecular flexibility index (Phi) is 5.77. The SMILES string of the molecule is COc1ccc(C(Cl)CN2CC(C)CC(C)C2)cc1OC. The number of likely N-dealkylation sites (tertiary alicyclic amines) is 1. The highest BCUT2D eigenvalue weighted by Crippen LogP contribution is 2.33. The summed E-state index contributed by atoms with van der Waals surface area (Å²) in [6.07, 6.45) is 1.32. The molecular weight excluding hydrogens is 286 g/mol. The summed E-state index contributed by atoms with van der Waals surface area (Å²) >= 11 is 6.62. The highest BCUT2D eigenvalue weighted by Gasteiger charge is 2.24. The van der Waals surface area contributed by atoms with E-state index in [9.17, 15) is 0 Å². The Hall–Kier alpha value is -0.930. The van der Waals surface area contributed by atoms with Crippen LogP contribution in [0.5, 0.6) is 11.5 Å². The van der Waals surface area contributed by atoms with Crippen molar-refractivity contribution in [2.45, 2.75) is 25.6 Å². The van der Waals surface area contributed by atoms with Crippen molar-refractivity contribution in [3.05, 3.63) is 23.8 Å². The van der Waals surface area contributed by atoms with Gasteiger partial charge >= 0.3 is 0 Å². The summed E-state index contributed by atoms with van der Waals surface area (Å²) in [5, 5.41) is -0.0256. The molecule has 0 bridgehead atoms. The van der Waals surface area contributed by atoms with Crippen LogP contribution in [0.1, 0.15) is 31.2 Å². The van der Waals surface area contributed by atoms with Gasteiger partial charge in [-0.15, -0.1) is 11.6 Å². The maximum Gasteiger partial charge on any atom is 0.161 e. The van der Waals surface area contributed by atoms with Gasteiger partial charge in [-0.05, 0) is 36.0 Å². The fourth-order valence-corrected chi connectivity index (χ4v) is 3.65. The van der Waals surface area contributed by atoms with Crippen molar-refractivity contribution in [2.75, 3.05) is 33.9 Å². The third-order valence-corrected chi connectivity index (χ3v) is 4.52.